The van der Waals surface area contributed by atoms with E-state index in [-0.39, 0.29) is 59.6 Å². The smallest absolute Gasteiger partial charge is 0.406 e. The Hall–Kier alpha value is -5.21. The maximum atomic E-state index is 15.4. The van der Waals surface area contributed by atoms with E-state index in [4.69, 9.17) is 9.47 Å². The second kappa shape index (κ2) is 14.9. The van der Waals surface area contributed by atoms with Crippen molar-refractivity contribution in [3.63, 3.8) is 0 Å². The molecule has 0 aliphatic rings. The minimum atomic E-state index is -4.54. The van der Waals surface area contributed by atoms with Crippen molar-refractivity contribution in [2.75, 3.05) is 7.11 Å². The Labute approximate surface area is 265 Å². The SMILES string of the molecule is CC.COC(=O)c1nnc(Cc2cc(F)c(-c3cccc(OCc4ccc(C)cc4F)n3)cc2F)n1Cc1cncn1CC(F)(F)F. The highest BCUT2D eigenvalue weighted by molar-refractivity contribution is 5.85. The van der Waals surface area contributed by atoms with E-state index in [0.29, 0.717) is 5.56 Å². The molecule has 2 aromatic carbocycles. The first kappa shape index (κ1) is 34.7. The number of pyridine rings is 1. The lowest BCUT2D eigenvalue weighted by Gasteiger charge is -2.14. The molecule has 0 bridgehead atoms. The van der Waals surface area contributed by atoms with Crippen molar-refractivity contribution in [3.8, 4) is 17.1 Å². The van der Waals surface area contributed by atoms with Gasteiger partial charge in [-0.2, -0.15) is 13.2 Å². The first-order valence-corrected chi connectivity index (χ1v) is 14.3. The van der Waals surface area contributed by atoms with Crippen LogP contribution in [0.2, 0.25) is 0 Å². The second-order valence-corrected chi connectivity index (χ2v) is 9.99. The average molecular weight is 661 g/mol. The van der Waals surface area contributed by atoms with Crippen LogP contribution in [-0.4, -0.2) is 48.6 Å². The summed E-state index contributed by atoms with van der Waals surface area (Å²) in [6.07, 6.45) is -2.77. The van der Waals surface area contributed by atoms with Gasteiger partial charge in [0.15, 0.2) is 0 Å². The molecular weight excluding hydrogens is 630 g/mol. The number of imidazole rings is 1. The quantitative estimate of drug-likeness (QED) is 0.119. The van der Waals surface area contributed by atoms with Crippen LogP contribution < -0.4 is 4.74 Å². The highest BCUT2D eigenvalue weighted by atomic mass is 19.4. The highest BCUT2D eigenvalue weighted by Crippen LogP contribution is 2.28. The fraction of sp³-hybridized carbons (Fsp3) is 0.281. The highest BCUT2D eigenvalue weighted by Gasteiger charge is 2.29. The van der Waals surface area contributed by atoms with Crippen LogP contribution in [-0.2, 0) is 30.9 Å². The third-order valence-corrected chi connectivity index (χ3v) is 6.73. The van der Waals surface area contributed by atoms with Crippen LogP contribution >= 0.6 is 0 Å². The van der Waals surface area contributed by atoms with Crippen LogP contribution in [0.25, 0.3) is 11.3 Å². The predicted octanol–water partition coefficient (Wildman–Crippen LogP) is 6.86. The number of carbonyl (C=O) groups excluding carboxylic acids is 1. The summed E-state index contributed by atoms with van der Waals surface area (Å²) in [4.78, 5) is 20.3. The lowest BCUT2D eigenvalue weighted by atomic mass is 10.0. The van der Waals surface area contributed by atoms with Crippen molar-refractivity contribution in [3.05, 3.63) is 113 Å². The van der Waals surface area contributed by atoms with E-state index in [9.17, 15) is 22.4 Å². The molecule has 3 heterocycles. The summed E-state index contributed by atoms with van der Waals surface area (Å²) in [5.41, 5.74) is 0.785. The van der Waals surface area contributed by atoms with Gasteiger partial charge in [-0.05, 0) is 42.3 Å². The van der Waals surface area contributed by atoms with Gasteiger partial charge in [0.05, 0.1) is 31.4 Å². The second-order valence-electron chi connectivity index (χ2n) is 9.99. The predicted molar refractivity (Wildman–Crippen MR) is 158 cm³/mol. The summed E-state index contributed by atoms with van der Waals surface area (Å²) in [7, 11) is 1.08. The Bertz CT molecular complexity index is 1850. The zero-order chi connectivity index (χ0) is 34.3. The van der Waals surface area contributed by atoms with Crippen LogP contribution in [0.1, 0.15) is 52.7 Å². The number of ether oxygens (including phenoxy) is 2. The fourth-order valence-corrected chi connectivity index (χ4v) is 4.51. The van der Waals surface area contributed by atoms with Crippen molar-refractivity contribution in [1.29, 1.82) is 0 Å². The van der Waals surface area contributed by atoms with E-state index in [2.05, 4.69) is 20.2 Å². The van der Waals surface area contributed by atoms with Crippen molar-refractivity contribution >= 4 is 5.97 Å². The zero-order valence-corrected chi connectivity index (χ0v) is 25.8. The monoisotopic (exact) mass is 660 g/mol. The summed E-state index contributed by atoms with van der Waals surface area (Å²) in [6, 6.07) is 11.0. The lowest BCUT2D eigenvalue weighted by molar-refractivity contribution is -0.141. The molecule has 248 valence electrons. The molecule has 5 rings (SSSR count). The topological polar surface area (TPSA) is 96.9 Å². The summed E-state index contributed by atoms with van der Waals surface area (Å²) in [5.74, 6) is -3.41. The number of benzene rings is 2. The van der Waals surface area contributed by atoms with E-state index in [1.165, 1.54) is 30.5 Å². The minimum Gasteiger partial charge on any atom is -0.473 e. The summed E-state index contributed by atoms with van der Waals surface area (Å²) >= 11 is 0. The molecule has 0 spiro atoms. The van der Waals surface area contributed by atoms with Crippen molar-refractivity contribution in [2.45, 2.75) is 53.1 Å². The molecule has 0 saturated heterocycles. The van der Waals surface area contributed by atoms with Gasteiger partial charge >= 0.3 is 12.1 Å². The molecule has 15 heteroatoms. The molecule has 47 heavy (non-hydrogen) atoms. The Balaban J connectivity index is 0.00000245. The van der Waals surface area contributed by atoms with Gasteiger partial charge in [-0.15, -0.1) is 10.2 Å². The molecule has 0 saturated carbocycles. The summed E-state index contributed by atoms with van der Waals surface area (Å²) in [5, 5.41) is 7.67. The number of halogens is 6. The van der Waals surface area contributed by atoms with Crippen LogP contribution in [0.3, 0.4) is 0 Å². The first-order valence-electron chi connectivity index (χ1n) is 14.3. The summed E-state index contributed by atoms with van der Waals surface area (Å²) < 4.78 is 96.3. The molecule has 0 amide bonds. The van der Waals surface area contributed by atoms with Crippen LogP contribution in [0, 0.1) is 24.4 Å². The van der Waals surface area contributed by atoms with E-state index in [0.717, 1.165) is 40.3 Å². The largest absolute Gasteiger partial charge is 0.473 e. The molecular formula is C32H30F6N6O3. The number of alkyl halides is 3. The zero-order valence-electron chi connectivity index (χ0n) is 25.8. The number of methoxy groups -OCH3 is 1. The third kappa shape index (κ3) is 8.54. The minimum absolute atomic E-state index is 0.0435. The van der Waals surface area contributed by atoms with Gasteiger partial charge in [-0.25, -0.2) is 27.9 Å². The molecule has 3 aromatic heterocycles. The molecule has 0 aliphatic heterocycles. The van der Waals surface area contributed by atoms with Gasteiger partial charge in [0.2, 0.25) is 11.7 Å². The number of rotatable bonds is 10. The van der Waals surface area contributed by atoms with Gasteiger partial charge in [0, 0.05) is 29.8 Å². The molecule has 0 radical (unpaired) electrons. The molecule has 5 aromatic rings. The van der Waals surface area contributed by atoms with Gasteiger partial charge in [0.25, 0.3) is 0 Å². The molecule has 0 fully saturated rings. The van der Waals surface area contributed by atoms with Crippen molar-refractivity contribution < 1.29 is 40.6 Å². The van der Waals surface area contributed by atoms with E-state index >= 15 is 8.78 Å². The van der Waals surface area contributed by atoms with Crippen LogP contribution in [0.15, 0.2) is 61.1 Å². The van der Waals surface area contributed by atoms with Gasteiger partial charge in [0.1, 0.15) is 36.4 Å². The number of aromatic nitrogens is 6. The van der Waals surface area contributed by atoms with Crippen LogP contribution in [0.4, 0.5) is 26.3 Å². The van der Waals surface area contributed by atoms with E-state index in [1.807, 2.05) is 13.8 Å². The number of nitrogens with zero attached hydrogens (tertiary/aromatic N) is 6. The maximum Gasteiger partial charge on any atom is 0.406 e. The molecule has 0 aliphatic carbocycles. The van der Waals surface area contributed by atoms with Crippen molar-refractivity contribution in [2.24, 2.45) is 0 Å². The Kier molecular flexibility index (Phi) is 11.0. The van der Waals surface area contributed by atoms with Crippen LogP contribution in [0.5, 0.6) is 5.88 Å². The van der Waals surface area contributed by atoms with Crippen molar-refractivity contribution in [1.82, 2.24) is 29.3 Å². The maximum absolute atomic E-state index is 15.4. The molecule has 9 nitrogen and oxygen atoms in total. The summed E-state index contributed by atoms with van der Waals surface area (Å²) in [6.45, 7) is 3.94. The number of carbonyl (C=O) groups is 1. The third-order valence-electron chi connectivity index (χ3n) is 6.73. The van der Waals surface area contributed by atoms with Gasteiger partial charge < -0.3 is 14.0 Å². The Morgan fingerprint density at radius 3 is 2.38 bits per heavy atom. The first-order chi connectivity index (χ1) is 22.4. The Morgan fingerprint density at radius 2 is 1.68 bits per heavy atom. The molecule has 0 unspecified atom stereocenters. The number of hydrogen-bond acceptors (Lipinski definition) is 7. The standard InChI is InChI=1S/C30H24F6N6O3.C2H6/c1-17-6-7-18(22(31)8-17)14-45-27-5-3-4-25(38-27)21-11-23(32)19(9-24(21)33)10-26-39-40-28(29(43)44-2)42(26)13-20-12-37-16-41(20)15-30(34,35)36;1-2/h3-9,11-12,16H,10,13-15H2,1-2H3;1-2H3. The lowest BCUT2D eigenvalue weighted by Crippen LogP contribution is -2.21. The Morgan fingerprint density at radius 1 is 0.936 bits per heavy atom. The van der Waals surface area contributed by atoms with E-state index in [1.54, 1.807) is 19.1 Å². The number of aryl methyl sites for hydroxylation is 1. The average Bonchev–Trinajstić information content (AvgIpc) is 3.64. The number of hydrogen-bond donors (Lipinski definition) is 0. The fourth-order valence-electron chi connectivity index (χ4n) is 4.51. The van der Waals surface area contributed by atoms with Gasteiger partial charge in [-0.1, -0.05) is 32.0 Å². The van der Waals surface area contributed by atoms with Gasteiger partial charge in [-0.3, -0.25) is 4.57 Å². The molecule has 0 N–H and O–H groups in total. The molecule has 0 atom stereocenters. The normalized spacial score (nSPS) is 11.2. The van der Waals surface area contributed by atoms with E-state index < -0.39 is 36.1 Å². The number of esters is 1.